The minimum atomic E-state index is -4.42. The molecule has 0 unspecified atom stereocenters. The summed E-state index contributed by atoms with van der Waals surface area (Å²) in [5.74, 6) is -0.690. The topological polar surface area (TPSA) is 108 Å². The van der Waals surface area contributed by atoms with Crippen molar-refractivity contribution in [1.82, 2.24) is 15.2 Å². The van der Waals surface area contributed by atoms with Crippen LogP contribution in [0.4, 0.5) is 0 Å². The molecule has 0 radical (unpaired) electrons. The average molecular weight is 217 g/mol. The highest BCUT2D eigenvalue weighted by Gasteiger charge is 2.07. The second kappa shape index (κ2) is 4.13. The zero-order chi connectivity index (χ0) is 10.6. The maximum Gasteiger partial charge on any atom is 0.350 e. The van der Waals surface area contributed by atoms with E-state index in [1.54, 1.807) is 5.43 Å². The predicted molar refractivity (Wildman–Crippen MR) is 46.4 cm³/mol. The summed E-state index contributed by atoms with van der Waals surface area (Å²) in [4.78, 5) is 16.2. The molecule has 0 aromatic carbocycles. The summed E-state index contributed by atoms with van der Waals surface area (Å²) in [6.07, 6.45) is 2.75. The van der Waals surface area contributed by atoms with Crippen LogP contribution < -0.4 is 10.3 Å². The summed E-state index contributed by atoms with van der Waals surface area (Å²) in [7, 11) is -4.42. The Kier molecular flexibility index (Phi) is 3.12. The highest BCUT2D eigenvalue weighted by molar-refractivity contribution is 7.83. The van der Waals surface area contributed by atoms with E-state index >= 15 is 0 Å². The van der Waals surface area contributed by atoms with Crippen molar-refractivity contribution in [2.24, 2.45) is 0 Å². The first-order chi connectivity index (χ1) is 6.49. The largest absolute Gasteiger partial charge is 0.350 e. The normalized spacial score (nSPS) is 10.9. The van der Waals surface area contributed by atoms with Crippen LogP contribution in [0.3, 0.4) is 0 Å². The molecule has 3 N–H and O–H groups in total. The molecule has 1 rings (SSSR count). The van der Waals surface area contributed by atoms with Gasteiger partial charge in [0.2, 0.25) is 0 Å². The molecule has 0 atom stereocenters. The van der Waals surface area contributed by atoms with Crippen LogP contribution in [0.5, 0.6) is 0 Å². The maximum absolute atomic E-state index is 11.1. The lowest BCUT2D eigenvalue weighted by Crippen LogP contribution is -2.41. The van der Waals surface area contributed by atoms with Crippen LogP contribution >= 0.6 is 0 Å². The molecule has 0 aliphatic rings. The van der Waals surface area contributed by atoms with E-state index in [0.29, 0.717) is 0 Å². The summed E-state index contributed by atoms with van der Waals surface area (Å²) in [5.41, 5.74) is 2.00. The number of carbonyl (C=O) groups excluding carboxylic acids is 1. The van der Waals surface area contributed by atoms with Gasteiger partial charge in [-0.05, 0) is 12.1 Å². The molecule has 0 bridgehead atoms. The second-order valence-corrected chi connectivity index (χ2v) is 3.42. The molecule has 1 amide bonds. The van der Waals surface area contributed by atoms with E-state index < -0.39 is 16.2 Å². The van der Waals surface area contributed by atoms with Crippen LogP contribution in [0.1, 0.15) is 10.4 Å². The highest BCUT2D eigenvalue weighted by Crippen LogP contribution is 1.94. The minimum Gasteiger partial charge on any atom is -0.272 e. The van der Waals surface area contributed by atoms with Gasteiger partial charge in [-0.3, -0.25) is 19.8 Å². The van der Waals surface area contributed by atoms with E-state index in [1.165, 1.54) is 29.4 Å². The minimum absolute atomic E-state index is 0.219. The Morgan fingerprint density at radius 1 is 1.36 bits per heavy atom. The number of hydrazine groups is 1. The fourth-order valence-electron chi connectivity index (χ4n) is 0.686. The van der Waals surface area contributed by atoms with Gasteiger partial charge in [-0.1, -0.05) is 0 Å². The smallest absolute Gasteiger partial charge is 0.272 e. The van der Waals surface area contributed by atoms with Crippen molar-refractivity contribution in [3.63, 3.8) is 0 Å². The summed E-state index contributed by atoms with van der Waals surface area (Å²) >= 11 is 0. The zero-order valence-electron chi connectivity index (χ0n) is 6.84. The van der Waals surface area contributed by atoms with Crippen LogP contribution in [0.2, 0.25) is 0 Å². The van der Waals surface area contributed by atoms with E-state index in [1.807, 2.05) is 0 Å². The number of nitrogens with zero attached hydrogens (tertiary/aromatic N) is 1. The maximum atomic E-state index is 11.1. The summed E-state index contributed by atoms with van der Waals surface area (Å²) in [6, 6.07) is 2.78. The van der Waals surface area contributed by atoms with E-state index in [-0.39, 0.29) is 5.56 Å². The standard InChI is InChI=1S/C6H7N3O4S/c10-6(8-9-14(11,12)13)5-1-3-7-4-2-5/h1-4,9H,(H,8,10)(H,11,12,13). The van der Waals surface area contributed by atoms with Crippen LogP contribution in [0.15, 0.2) is 24.5 Å². The molecule has 0 spiro atoms. The lowest BCUT2D eigenvalue weighted by molar-refractivity contribution is 0.0943. The summed E-state index contributed by atoms with van der Waals surface area (Å²) < 4.78 is 28.6. The van der Waals surface area contributed by atoms with Gasteiger partial charge in [0.15, 0.2) is 0 Å². The van der Waals surface area contributed by atoms with Gasteiger partial charge >= 0.3 is 10.3 Å². The lowest BCUT2D eigenvalue weighted by atomic mass is 10.3. The third-order valence-corrected chi connectivity index (χ3v) is 1.60. The Bertz CT molecular complexity index is 416. The predicted octanol–water partition coefficient (Wildman–Crippen LogP) is -0.881. The molecule has 14 heavy (non-hydrogen) atoms. The number of pyridine rings is 1. The zero-order valence-corrected chi connectivity index (χ0v) is 7.65. The lowest BCUT2D eigenvalue weighted by Gasteiger charge is -2.02. The monoisotopic (exact) mass is 217 g/mol. The molecule has 8 heteroatoms. The van der Waals surface area contributed by atoms with Gasteiger partial charge < -0.3 is 0 Å². The Hall–Kier alpha value is -1.51. The fourth-order valence-corrected chi connectivity index (χ4v) is 0.908. The molecular weight excluding hydrogens is 210 g/mol. The van der Waals surface area contributed by atoms with E-state index in [9.17, 15) is 13.2 Å². The Balaban J connectivity index is 2.61. The SMILES string of the molecule is O=C(NNS(=O)(=O)O)c1ccncc1. The second-order valence-electron chi connectivity index (χ2n) is 2.27. The van der Waals surface area contributed by atoms with Gasteiger partial charge in [0.1, 0.15) is 0 Å². The van der Waals surface area contributed by atoms with Gasteiger partial charge in [-0.15, -0.1) is 4.83 Å². The molecule has 1 aromatic rings. The number of carbonyl (C=O) groups is 1. The average Bonchev–Trinajstić information content (AvgIpc) is 2.14. The number of amides is 1. The van der Waals surface area contributed by atoms with Crippen LogP contribution in [-0.4, -0.2) is 23.9 Å². The van der Waals surface area contributed by atoms with Crippen LogP contribution in [0.25, 0.3) is 0 Å². The molecule has 0 aliphatic heterocycles. The van der Waals surface area contributed by atoms with Crippen molar-refractivity contribution in [3.8, 4) is 0 Å². The molecule has 1 aromatic heterocycles. The van der Waals surface area contributed by atoms with E-state index in [0.717, 1.165) is 0 Å². The van der Waals surface area contributed by atoms with Crippen molar-refractivity contribution >= 4 is 16.2 Å². The number of nitrogens with one attached hydrogen (secondary N) is 2. The molecular formula is C6H7N3O4S. The Labute approximate surface area is 80.0 Å². The van der Waals surface area contributed by atoms with Crippen molar-refractivity contribution in [2.45, 2.75) is 0 Å². The van der Waals surface area contributed by atoms with Gasteiger partial charge in [0, 0.05) is 18.0 Å². The van der Waals surface area contributed by atoms with Crippen LogP contribution in [0, 0.1) is 0 Å². The van der Waals surface area contributed by atoms with Crippen molar-refractivity contribution in [1.29, 1.82) is 0 Å². The Morgan fingerprint density at radius 3 is 2.43 bits per heavy atom. The first-order valence-electron chi connectivity index (χ1n) is 3.43. The highest BCUT2D eigenvalue weighted by atomic mass is 32.2. The van der Waals surface area contributed by atoms with Crippen molar-refractivity contribution < 1.29 is 17.8 Å². The van der Waals surface area contributed by atoms with Gasteiger partial charge in [0.25, 0.3) is 5.91 Å². The molecule has 76 valence electrons. The number of hydrogen-bond acceptors (Lipinski definition) is 4. The number of rotatable bonds is 3. The van der Waals surface area contributed by atoms with Crippen LogP contribution in [-0.2, 0) is 10.3 Å². The van der Waals surface area contributed by atoms with E-state index in [4.69, 9.17) is 4.55 Å². The molecule has 0 saturated carbocycles. The third kappa shape index (κ3) is 3.47. The van der Waals surface area contributed by atoms with Gasteiger partial charge in [0.05, 0.1) is 0 Å². The summed E-state index contributed by atoms with van der Waals surface area (Å²) in [5, 5.41) is 0. The number of aromatic nitrogens is 1. The fraction of sp³-hybridized carbons (Fsp3) is 0. The molecule has 7 nitrogen and oxygen atoms in total. The van der Waals surface area contributed by atoms with Gasteiger partial charge in [-0.2, -0.15) is 8.42 Å². The summed E-state index contributed by atoms with van der Waals surface area (Å²) in [6.45, 7) is 0. The van der Waals surface area contributed by atoms with Crippen molar-refractivity contribution in [3.05, 3.63) is 30.1 Å². The van der Waals surface area contributed by atoms with Gasteiger partial charge in [-0.25, -0.2) is 0 Å². The number of hydrogen-bond donors (Lipinski definition) is 3. The van der Waals surface area contributed by atoms with Crippen molar-refractivity contribution in [2.75, 3.05) is 0 Å². The first-order valence-corrected chi connectivity index (χ1v) is 4.87. The quantitative estimate of drug-likeness (QED) is 0.450. The Morgan fingerprint density at radius 2 is 1.93 bits per heavy atom. The van der Waals surface area contributed by atoms with E-state index in [2.05, 4.69) is 4.98 Å². The molecule has 0 fully saturated rings. The third-order valence-electron chi connectivity index (χ3n) is 1.24. The molecule has 0 aliphatic carbocycles. The first kappa shape index (κ1) is 10.6. The molecule has 0 saturated heterocycles. The molecule has 1 heterocycles.